The molecule has 0 aliphatic heterocycles. The van der Waals surface area contributed by atoms with Gasteiger partial charge in [0.1, 0.15) is 0 Å². The van der Waals surface area contributed by atoms with Crippen LogP contribution in [0.4, 0.5) is 0 Å². The van der Waals surface area contributed by atoms with E-state index in [4.69, 9.17) is 13.8 Å². The van der Waals surface area contributed by atoms with Gasteiger partial charge in [-0.25, -0.2) is 0 Å². The number of rotatable bonds is 11. The normalized spacial score (nSPS) is 12.4. The first-order chi connectivity index (χ1) is 13.9. The van der Waals surface area contributed by atoms with Crippen molar-refractivity contribution in [2.75, 3.05) is 19.8 Å². The van der Waals surface area contributed by atoms with Crippen LogP contribution >= 0.6 is 30.2 Å². The quantitative estimate of drug-likeness (QED) is 0.178. The van der Waals surface area contributed by atoms with Crippen LogP contribution in [-0.4, -0.2) is 37.2 Å². The van der Waals surface area contributed by atoms with E-state index in [1.165, 1.54) is 0 Å². The first kappa shape index (κ1) is 23.7. The second-order valence-corrected chi connectivity index (χ2v) is 9.59. The molecule has 29 heavy (non-hydrogen) atoms. The lowest BCUT2D eigenvalue weighted by Gasteiger charge is -2.25. The second-order valence-electron chi connectivity index (χ2n) is 6.12. The highest BCUT2D eigenvalue weighted by Crippen LogP contribution is 2.54. The van der Waals surface area contributed by atoms with Crippen LogP contribution in [0.2, 0.25) is 0 Å². The van der Waals surface area contributed by atoms with Gasteiger partial charge < -0.3 is 13.8 Å². The third-order valence-electron chi connectivity index (χ3n) is 4.04. The molecular formula is C21H24IO6P. The van der Waals surface area contributed by atoms with Gasteiger partial charge in [-0.15, -0.1) is 0 Å². The number of halogens is 1. The number of esters is 1. The van der Waals surface area contributed by atoms with E-state index in [9.17, 15) is 14.2 Å². The van der Waals surface area contributed by atoms with E-state index >= 15 is 0 Å². The van der Waals surface area contributed by atoms with Gasteiger partial charge in [0.05, 0.1) is 13.2 Å². The van der Waals surface area contributed by atoms with E-state index in [1.807, 2.05) is 36.4 Å². The lowest BCUT2D eigenvalue weighted by molar-refractivity contribution is -0.142. The fourth-order valence-corrected chi connectivity index (χ4v) is 5.18. The number of ether oxygens (including phenoxy) is 1. The van der Waals surface area contributed by atoms with Gasteiger partial charge in [-0.05, 0) is 60.6 Å². The van der Waals surface area contributed by atoms with Crippen molar-refractivity contribution in [3.8, 4) is 0 Å². The van der Waals surface area contributed by atoms with E-state index in [1.54, 1.807) is 32.0 Å². The van der Waals surface area contributed by atoms with Crippen molar-refractivity contribution < 1.29 is 27.9 Å². The van der Waals surface area contributed by atoms with Crippen LogP contribution < -0.4 is 0 Å². The van der Waals surface area contributed by atoms with Crippen molar-refractivity contribution in [2.45, 2.75) is 25.9 Å². The molecule has 0 saturated heterocycles. The Morgan fingerprint density at radius 3 is 2.24 bits per heavy atom. The molecule has 1 atom stereocenters. The molecule has 0 bridgehead atoms. The molecule has 0 amide bonds. The summed E-state index contributed by atoms with van der Waals surface area (Å²) >= 11 is 2.10. The molecule has 156 valence electrons. The Hall–Kier alpha value is -1.54. The van der Waals surface area contributed by atoms with E-state index in [2.05, 4.69) is 22.6 Å². The summed E-state index contributed by atoms with van der Waals surface area (Å²) < 4.78 is 30.2. The molecule has 0 radical (unpaired) electrons. The van der Waals surface area contributed by atoms with Crippen LogP contribution in [0.15, 0.2) is 54.6 Å². The van der Waals surface area contributed by atoms with E-state index in [0.29, 0.717) is 5.56 Å². The summed E-state index contributed by atoms with van der Waals surface area (Å²) in [5, 5.41) is 0. The Morgan fingerprint density at radius 1 is 1.00 bits per heavy atom. The molecule has 0 aromatic heterocycles. The maximum Gasteiger partial charge on any atom is 0.345 e. The van der Waals surface area contributed by atoms with Crippen molar-refractivity contribution in [3.05, 3.63) is 69.3 Å². The molecule has 1 unspecified atom stereocenters. The molecule has 0 saturated carbocycles. The summed E-state index contributed by atoms with van der Waals surface area (Å²) in [6.45, 7) is 3.16. The Balaban J connectivity index is 2.19. The topological polar surface area (TPSA) is 78.9 Å². The summed E-state index contributed by atoms with van der Waals surface area (Å²) in [5.74, 6) is -1.11. The molecule has 0 aliphatic rings. The fourth-order valence-electron chi connectivity index (χ4n) is 2.72. The van der Waals surface area contributed by atoms with Crippen LogP contribution in [0, 0.1) is 3.57 Å². The molecule has 2 rings (SSSR count). The molecule has 0 aliphatic carbocycles. The van der Waals surface area contributed by atoms with Crippen LogP contribution in [0.5, 0.6) is 0 Å². The Morgan fingerprint density at radius 2 is 1.66 bits per heavy atom. The largest absolute Gasteiger partial charge is 0.457 e. The predicted molar refractivity (Wildman–Crippen MR) is 119 cm³/mol. The maximum absolute atomic E-state index is 13.3. The Bertz CT molecular complexity index is 860. The number of carbonyl (C=O) groups excluding carboxylic acids is 2. The first-order valence-corrected chi connectivity index (χ1v) is 12.0. The van der Waals surface area contributed by atoms with Gasteiger partial charge >= 0.3 is 13.6 Å². The van der Waals surface area contributed by atoms with Crippen LogP contribution in [0.3, 0.4) is 0 Å². The monoisotopic (exact) mass is 530 g/mol. The zero-order valence-corrected chi connectivity index (χ0v) is 19.4. The number of ketones is 1. The third-order valence-corrected chi connectivity index (χ3v) is 7.10. The molecular weight excluding hydrogens is 506 g/mol. The molecule has 0 fully saturated rings. The Labute approximate surface area is 184 Å². The minimum absolute atomic E-state index is 0.119. The molecule has 0 heterocycles. The second kappa shape index (κ2) is 11.6. The lowest BCUT2D eigenvalue weighted by Crippen LogP contribution is -2.29. The van der Waals surface area contributed by atoms with Gasteiger partial charge in [-0.2, -0.15) is 0 Å². The van der Waals surface area contributed by atoms with E-state index in [-0.39, 0.29) is 25.4 Å². The summed E-state index contributed by atoms with van der Waals surface area (Å²) in [4.78, 5) is 25.2. The van der Waals surface area contributed by atoms with Crippen molar-refractivity contribution >= 4 is 41.9 Å². The number of hydrogen-bond acceptors (Lipinski definition) is 6. The molecule has 6 nitrogen and oxygen atoms in total. The van der Waals surface area contributed by atoms with Gasteiger partial charge in [0.15, 0.2) is 18.0 Å². The van der Waals surface area contributed by atoms with Gasteiger partial charge in [0, 0.05) is 9.13 Å². The van der Waals surface area contributed by atoms with Gasteiger partial charge in [-0.1, -0.05) is 42.5 Å². The van der Waals surface area contributed by atoms with Crippen molar-refractivity contribution in [2.24, 2.45) is 0 Å². The van der Waals surface area contributed by atoms with Gasteiger partial charge in [-0.3, -0.25) is 14.2 Å². The standard InChI is InChI=1S/C21H24IO6P/c1-3-27-29(25,28-4-2)20(13-16-9-6-5-7-10-16)21(24)26-15-19(23)17-11-8-12-18(22)14-17/h5-12,14,20H,3-4,13,15H2,1-2H3. The van der Waals surface area contributed by atoms with Crippen molar-refractivity contribution in [3.63, 3.8) is 0 Å². The fraction of sp³-hybridized carbons (Fsp3) is 0.333. The zero-order chi connectivity index (χ0) is 21.3. The SMILES string of the molecule is CCOP(=O)(OCC)C(Cc1ccccc1)C(=O)OCC(=O)c1cccc(I)c1. The number of benzene rings is 2. The van der Waals surface area contributed by atoms with Crippen LogP contribution in [-0.2, 0) is 29.6 Å². The predicted octanol–water partition coefficient (Wildman–Crippen LogP) is 4.89. The molecule has 8 heteroatoms. The summed E-state index contributed by atoms with van der Waals surface area (Å²) in [7, 11) is -3.78. The smallest absolute Gasteiger partial charge is 0.345 e. The molecule has 0 N–H and O–H groups in total. The van der Waals surface area contributed by atoms with E-state index in [0.717, 1.165) is 9.13 Å². The van der Waals surface area contributed by atoms with Crippen molar-refractivity contribution in [1.82, 2.24) is 0 Å². The maximum atomic E-state index is 13.3. The van der Waals surface area contributed by atoms with Crippen LogP contribution in [0.1, 0.15) is 29.8 Å². The summed E-state index contributed by atoms with van der Waals surface area (Å²) in [6, 6.07) is 16.1. The number of hydrogen-bond donors (Lipinski definition) is 0. The van der Waals surface area contributed by atoms with Crippen LogP contribution in [0.25, 0.3) is 0 Å². The van der Waals surface area contributed by atoms with E-state index < -0.39 is 25.8 Å². The van der Waals surface area contributed by atoms with Gasteiger partial charge in [0.25, 0.3) is 0 Å². The summed E-state index contributed by atoms with van der Waals surface area (Å²) in [6.07, 6.45) is 0.119. The number of carbonyl (C=O) groups is 2. The highest BCUT2D eigenvalue weighted by molar-refractivity contribution is 14.1. The highest BCUT2D eigenvalue weighted by atomic mass is 127. The average Bonchev–Trinajstić information content (AvgIpc) is 2.71. The van der Waals surface area contributed by atoms with Crippen molar-refractivity contribution in [1.29, 1.82) is 0 Å². The minimum Gasteiger partial charge on any atom is -0.457 e. The zero-order valence-electron chi connectivity index (χ0n) is 16.4. The average molecular weight is 530 g/mol. The highest BCUT2D eigenvalue weighted by Gasteiger charge is 2.42. The number of Topliss-reactive ketones (excluding diaryl/α,β-unsaturated/α-hetero) is 1. The van der Waals surface area contributed by atoms with Gasteiger partial charge in [0.2, 0.25) is 0 Å². The third kappa shape index (κ3) is 7.03. The Kier molecular flexibility index (Phi) is 9.49. The first-order valence-electron chi connectivity index (χ1n) is 9.27. The minimum atomic E-state index is -3.78. The molecule has 2 aromatic carbocycles. The molecule has 2 aromatic rings. The lowest BCUT2D eigenvalue weighted by atomic mass is 10.1. The summed E-state index contributed by atoms with van der Waals surface area (Å²) in [5.41, 5.74) is 0.0774. The molecule has 0 spiro atoms.